The molecule has 30 heavy (non-hydrogen) atoms. The van der Waals surface area contributed by atoms with E-state index in [-0.39, 0.29) is 59.3 Å². The summed E-state index contributed by atoms with van der Waals surface area (Å²) in [4.78, 5) is 12.7. The second kappa shape index (κ2) is 11.3. The van der Waals surface area contributed by atoms with Gasteiger partial charge in [-0.1, -0.05) is 37.3 Å². The van der Waals surface area contributed by atoms with Gasteiger partial charge in [0.25, 0.3) is 0 Å². The highest BCUT2D eigenvalue weighted by Crippen LogP contribution is 2.53. The molecule has 6 heteroatoms. The van der Waals surface area contributed by atoms with Crippen LogP contribution in [0.5, 0.6) is 0 Å². The van der Waals surface area contributed by atoms with Crippen molar-refractivity contribution in [1.29, 1.82) is 0 Å². The molecular weight excluding hydrogens is 602 g/mol. The molecule has 0 saturated carbocycles. The van der Waals surface area contributed by atoms with E-state index in [1.807, 2.05) is 13.0 Å². The van der Waals surface area contributed by atoms with Gasteiger partial charge >= 0.3 is 5.97 Å². The van der Waals surface area contributed by atoms with Gasteiger partial charge < -0.3 is 61.7 Å². The predicted molar refractivity (Wildman–Crippen MR) is 116 cm³/mol. The zero-order valence-electron chi connectivity index (χ0n) is 20.2. The van der Waals surface area contributed by atoms with E-state index in [4.69, 9.17) is 4.74 Å². The molecule has 2 rings (SSSR count). The molecule has 0 N–H and O–H groups in total. The van der Waals surface area contributed by atoms with Crippen LogP contribution in [0, 0.1) is 5.41 Å². The summed E-state index contributed by atoms with van der Waals surface area (Å²) in [5.41, 5.74) is 0.374. The third kappa shape index (κ3) is 5.90. The summed E-state index contributed by atoms with van der Waals surface area (Å²) in [7, 11) is 6.98. The Balaban J connectivity index is 0.00000420. The van der Waals surface area contributed by atoms with Gasteiger partial charge in [0.15, 0.2) is 5.60 Å². The first-order valence-electron chi connectivity index (χ1n) is 10.9. The summed E-state index contributed by atoms with van der Waals surface area (Å²) in [5, 5.41) is 0. The molecule has 1 heterocycles. The third-order valence-electron chi connectivity index (χ3n) is 7.58. The van der Waals surface area contributed by atoms with Crippen LogP contribution in [0.3, 0.4) is 0 Å². The lowest BCUT2D eigenvalue weighted by atomic mass is 9.62. The lowest BCUT2D eigenvalue weighted by molar-refractivity contribution is -0.949. The number of hydrogen-bond acceptors (Lipinski definition) is 2. The minimum Gasteiger partial charge on any atom is -1.00 e. The average molecular weight is 644 g/mol. The van der Waals surface area contributed by atoms with Gasteiger partial charge in [0.2, 0.25) is 0 Å². The van der Waals surface area contributed by atoms with Gasteiger partial charge in [0, 0.05) is 12.8 Å². The molecule has 1 aromatic carbocycles. The highest BCUT2D eigenvalue weighted by Gasteiger charge is 2.63. The summed E-state index contributed by atoms with van der Waals surface area (Å²) < 4.78 is 8.39. The zero-order chi connectivity index (χ0) is 21.2. The largest absolute Gasteiger partial charge is 1.00 e. The molecule has 1 fully saturated rings. The highest BCUT2D eigenvalue weighted by atomic mass is 127. The van der Waals surface area contributed by atoms with Gasteiger partial charge in [0.1, 0.15) is 5.41 Å². The Labute approximate surface area is 218 Å². The maximum atomic E-state index is 12.7. The Bertz CT molecular complexity index is 679. The van der Waals surface area contributed by atoms with Crippen LogP contribution in [0.1, 0.15) is 53.0 Å². The summed E-state index contributed by atoms with van der Waals surface area (Å²) in [5.74, 6) is -0.100. The SMILES string of the molecule is CCC(=O)OC1(c2ccccc2)CC(C)[N+](C)(C)CC1(C)C[N+](C)(CC)CC.[I-].[I-]. The maximum Gasteiger partial charge on any atom is 0.306 e. The van der Waals surface area contributed by atoms with Crippen LogP contribution in [0.25, 0.3) is 0 Å². The number of benzene rings is 1. The van der Waals surface area contributed by atoms with Crippen molar-refractivity contribution in [2.75, 3.05) is 47.3 Å². The summed E-state index contributed by atoms with van der Waals surface area (Å²) in [6.07, 6.45) is 1.25. The number of halogens is 2. The monoisotopic (exact) mass is 644 g/mol. The van der Waals surface area contributed by atoms with Crippen molar-refractivity contribution >= 4 is 5.97 Å². The first-order valence-corrected chi connectivity index (χ1v) is 10.9. The van der Waals surface area contributed by atoms with Crippen molar-refractivity contribution < 1.29 is 66.5 Å². The van der Waals surface area contributed by atoms with Crippen LogP contribution in [-0.2, 0) is 15.1 Å². The lowest BCUT2D eigenvalue weighted by Crippen LogP contribution is -3.00. The molecule has 174 valence electrons. The molecule has 1 saturated heterocycles. The molecule has 0 radical (unpaired) electrons. The van der Waals surface area contributed by atoms with Crippen molar-refractivity contribution in [3.63, 3.8) is 0 Å². The lowest BCUT2D eigenvalue weighted by Gasteiger charge is -2.59. The molecule has 3 unspecified atom stereocenters. The van der Waals surface area contributed by atoms with Crippen LogP contribution >= 0.6 is 0 Å². The Morgan fingerprint density at radius 2 is 1.67 bits per heavy atom. The predicted octanol–water partition coefficient (Wildman–Crippen LogP) is -1.80. The van der Waals surface area contributed by atoms with E-state index in [1.54, 1.807) is 0 Å². The van der Waals surface area contributed by atoms with Gasteiger partial charge in [-0.25, -0.2) is 0 Å². The Morgan fingerprint density at radius 1 is 1.13 bits per heavy atom. The smallest absolute Gasteiger partial charge is 0.306 e. The second-order valence-electron chi connectivity index (χ2n) is 9.98. The van der Waals surface area contributed by atoms with Crippen molar-refractivity contribution in [2.24, 2.45) is 5.41 Å². The topological polar surface area (TPSA) is 26.3 Å². The second-order valence-corrected chi connectivity index (χ2v) is 9.98. The van der Waals surface area contributed by atoms with Gasteiger partial charge in [-0.05, 0) is 33.3 Å². The minimum absolute atomic E-state index is 0. The van der Waals surface area contributed by atoms with Gasteiger partial charge in [-0.15, -0.1) is 0 Å². The molecule has 1 aliphatic rings. The van der Waals surface area contributed by atoms with Crippen molar-refractivity contribution in [3.8, 4) is 0 Å². The number of ether oxygens (including phenoxy) is 1. The number of quaternary nitrogens is 2. The van der Waals surface area contributed by atoms with Gasteiger partial charge in [0.05, 0.1) is 53.4 Å². The number of nitrogens with zero attached hydrogens (tertiary/aromatic N) is 2. The molecule has 0 amide bonds. The number of carbonyl (C=O) groups excluding carboxylic acids is 1. The van der Waals surface area contributed by atoms with Crippen LogP contribution in [0.15, 0.2) is 30.3 Å². The van der Waals surface area contributed by atoms with E-state index in [9.17, 15) is 4.79 Å². The van der Waals surface area contributed by atoms with Crippen molar-refractivity contribution in [2.45, 2.75) is 59.1 Å². The van der Waals surface area contributed by atoms with E-state index < -0.39 is 5.60 Å². The first kappa shape index (κ1) is 30.1. The number of hydrogen-bond donors (Lipinski definition) is 0. The summed E-state index contributed by atoms with van der Waals surface area (Å²) in [6, 6.07) is 10.9. The van der Waals surface area contributed by atoms with E-state index in [2.05, 4.69) is 73.1 Å². The Morgan fingerprint density at radius 3 is 2.13 bits per heavy atom. The molecule has 3 atom stereocenters. The van der Waals surface area contributed by atoms with Gasteiger partial charge in [-0.2, -0.15) is 0 Å². The van der Waals surface area contributed by atoms with Crippen molar-refractivity contribution in [1.82, 2.24) is 0 Å². The number of piperidine rings is 1. The number of esters is 1. The third-order valence-corrected chi connectivity index (χ3v) is 7.58. The van der Waals surface area contributed by atoms with E-state index in [0.717, 1.165) is 47.1 Å². The van der Waals surface area contributed by atoms with E-state index in [1.165, 1.54) is 0 Å². The van der Waals surface area contributed by atoms with E-state index >= 15 is 0 Å². The average Bonchev–Trinajstić information content (AvgIpc) is 2.66. The normalized spacial score (nSPS) is 28.1. The quantitative estimate of drug-likeness (QED) is 0.199. The molecule has 1 aromatic rings. The zero-order valence-corrected chi connectivity index (χ0v) is 24.5. The summed E-state index contributed by atoms with van der Waals surface area (Å²) in [6.45, 7) is 15.2. The standard InChI is InChI=1S/C24H42N2O2.2HI/c1-9-22(27)28-24(21-15-13-12-14-16-21)17-20(4)25(6,7)18-23(24,5)19-26(8,10-2)11-3;;/h12-16,20H,9-11,17-19H2,1-8H3;2*1H/q+2;;/p-2. The van der Waals surface area contributed by atoms with Gasteiger partial charge in [-0.3, -0.25) is 4.79 Å². The fourth-order valence-corrected chi connectivity index (χ4v) is 5.22. The first-order chi connectivity index (χ1) is 13.0. The molecule has 1 aliphatic heterocycles. The molecule has 0 aliphatic carbocycles. The molecule has 0 aromatic heterocycles. The van der Waals surface area contributed by atoms with Crippen LogP contribution in [0.4, 0.5) is 0 Å². The number of carbonyl (C=O) groups is 1. The highest BCUT2D eigenvalue weighted by molar-refractivity contribution is 5.70. The molecule has 0 spiro atoms. The minimum atomic E-state index is -0.599. The fourth-order valence-electron chi connectivity index (χ4n) is 5.22. The number of rotatable bonds is 7. The fraction of sp³-hybridized carbons (Fsp3) is 0.708. The Hall–Kier alpha value is 0.0700. The molecule has 4 nitrogen and oxygen atoms in total. The number of likely N-dealkylation sites (tertiary alicyclic amines) is 1. The van der Waals surface area contributed by atoms with Crippen LogP contribution < -0.4 is 48.0 Å². The van der Waals surface area contributed by atoms with Crippen LogP contribution in [-0.4, -0.2) is 68.3 Å². The van der Waals surface area contributed by atoms with Crippen molar-refractivity contribution in [3.05, 3.63) is 35.9 Å². The molecular formula is C24H42I2N2O2. The Kier molecular flexibility index (Phi) is 11.3. The maximum absolute atomic E-state index is 12.7. The summed E-state index contributed by atoms with van der Waals surface area (Å²) >= 11 is 0. The molecule has 0 bridgehead atoms. The van der Waals surface area contributed by atoms with Crippen LogP contribution in [0.2, 0.25) is 0 Å². The van der Waals surface area contributed by atoms with E-state index in [0.29, 0.717) is 12.5 Å².